The molecule has 1 aliphatic carbocycles. The molecule has 1 aliphatic heterocycles. The smallest absolute Gasteiger partial charge is 0.335 e. The third kappa shape index (κ3) is 6.91. The van der Waals surface area contributed by atoms with Crippen LogP contribution in [0.3, 0.4) is 0 Å². The van der Waals surface area contributed by atoms with Crippen LogP contribution in [-0.4, -0.2) is 36.6 Å². The lowest BCUT2D eigenvalue weighted by atomic mass is 9.98. The number of urea groups is 1. The fourth-order valence-electron chi connectivity index (χ4n) is 4.10. The van der Waals surface area contributed by atoms with Gasteiger partial charge < -0.3 is 10.6 Å². The molecular formula is C22H29ClF3N3O. The number of rotatable bonds is 4. The topological polar surface area (TPSA) is 44.4 Å². The Morgan fingerprint density at radius 1 is 1.13 bits per heavy atom. The lowest BCUT2D eigenvalue weighted by Crippen LogP contribution is -2.46. The van der Waals surface area contributed by atoms with E-state index in [1.807, 2.05) is 0 Å². The Kier molecular flexibility index (Phi) is 8.06. The Bertz CT molecular complexity index is 758. The number of allylic oxidation sites excluding steroid dienone is 1. The second kappa shape index (κ2) is 10.5. The molecule has 0 spiro atoms. The SMILES string of the molecule is O=C(Nc1ccc(Cl)c(C(F)(F)F)c1)NC1CCN(C/C2=C\CCCCCC2)CC1. The zero-order valence-corrected chi connectivity index (χ0v) is 17.8. The molecule has 1 heterocycles. The maximum absolute atomic E-state index is 13.0. The van der Waals surface area contributed by atoms with Crippen LogP contribution in [0.4, 0.5) is 23.7 Å². The van der Waals surface area contributed by atoms with Gasteiger partial charge in [-0.05, 0) is 56.7 Å². The number of carbonyl (C=O) groups is 1. The van der Waals surface area contributed by atoms with Crippen molar-refractivity contribution in [1.29, 1.82) is 0 Å². The second-order valence-electron chi connectivity index (χ2n) is 8.16. The first-order valence-electron chi connectivity index (χ1n) is 10.7. The van der Waals surface area contributed by atoms with E-state index in [1.165, 1.54) is 50.2 Å². The molecule has 0 saturated carbocycles. The summed E-state index contributed by atoms with van der Waals surface area (Å²) in [6.07, 6.45) is 7.04. The lowest BCUT2D eigenvalue weighted by Gasteiger charge is -2.33. The number of carbonyl (C=O) groups excluding carboxylic acids is 1. The number of alkyl halides is 3. The number of halogens is 4. The Balaban J connectivity index is 1.45. The summed E-state index contributed by atoms with van der Waals surface area (Å²) in [5.74, 6) is 0. The van der Waals surface area contributed by atoms with Crippen LogP contribution >= 0.6 is 11.6 Å². The average molecular weight is 444 g/mol. The number of benzene rings is 1. The molecule has 1 aromatic carbocycles. The van der Waals surface area contributed by atoms with E-state index in [-0.39, 0.29) is 16.8 Å². The molecule has 0 atom stereocenters. The van der Waals surface area contributed by atoms with Gasteiger partial charge in [-0.1, -0.05) is 36.1 Å². The summed E-state index contributed by atoms with van der Waals surface area (Å²) in [6, 6.07) is 2.88. The molecule has 4 nitrogen and oxygen atoms in total. The van der Waals surface area contributed by atoms with Gasteiger partial charge in [0.2, 0.25) is 0 Å². The van der Waals surface area contributed by atoms with Crippen molar-refractivity contribution in [3.8, 4) is 0 Å². The van der Waals surface area contributed by atoms with Gasteiger partial charge >= 0.3 is 12.2 Å². The lowest BCUT2D eigenvalue weighted by molar-refractivity contribution is -0.137. The van der Waals surface area contributed by atoms with Crippen LogP contribution in [0.2, 0.25) is 5.02 Å². The van der Waals surface area contributed by atoms with Gasteiger partial charge in [0.05, 0.1) is 10.6 Å². The number of hydrogen-bond acceptors (Lipinski definition) is 2. The summed E-state index contributed by atoms with van der Waals surface area (Å²) in [6.45, 7) is 2.81. The van der Waals surface area contributed by atoms with Crippen molar-refractivity contribution < 1.29 is 18.0 Å². The maximum Gasteiger partial charge on any atom is 0.417 e. The molecule has 2 N–H and O–H groups in total. The number of anilines is 1. The molecule has 2 amide bonds. The molecule has 0 bridgehead atoms. The minimum atomic E-state index is -4.57. The van der Waals surface area contributed by atoms with Gasteiger partial charge in [0, 0.05) is 31.4 Å². The molecule has 2 aliphatic rings. The fraction of sp³-hybridized carbons (Fsp3) is 0.591. The molecule has 1 saturated heterocycles. The molecule has 0 unspecified atom stereocenters. The first-order valence-corrected chi connectivity index (χ1v) is 11.0. The van der Waals surface area contributed by atoms with Gasteiger partial charge in [-0.15, -0.1) is 0 Å². The molecule has 8 heteroatoms. The predicted octanol–water partition coefficient (Wildman–Crippen LogP) is 6.23. The van der Waals surface area contributed by atoms with Gasteiger partial charge in [0.15, 0.2) is 0 Å². The van der Waals surface area contributed by atoms with E-state index in [2.05, 4.69) is 21.6 Å². The highest BCUT2D eigenvalue weighted by atomic mass is 35.5. The normalized spacial score (nSPS) is 21.3. The van der Waals surface area contributed by atoms with Crippen molar-refractivity contribution in [2.75, 3.05) is 25.0 Å². The number of nitrogens with zero attached hydrogens (tertiary/aromatic N) is 1. The molecule has 0 aromatic heterocycles. The first kappa shape index (κ1) is 22.9. The Morgan fingerprint density at radius 2 is 1.87 bits per heavy atom. The third-order valence-electron chi connectivity index (χ3n) is 5.76. The molecular weight excluding hydrogens is 415 g/mol. The van der Waals surface area contributed by atoms with Crippen molar-refractivity contribution >= 4 is 23.3 Å². The minimum absolute atomic E-state index is 0.0157. The van der Waals surface area contributed by atoms with E-state index < -0.39 is 17.8 Å². The van der Waals surface area contributed by atoms with Crippen molar-refractivity contribution in [1.82, 2.24) is 10.2 Å². The summed E-state index contributed by atoms with van der Waals surface area (Å²) in [4.78, 5) is 14.7. The van der Waals surface area contributed by atoms with Crippen molar-refractivity contribution in [2.24, 2.45) is 0 Å². The number of likely N-dealkylation sites (tertiary alicyclic amines) is 1. The molecule has 3 rings (SSSR count). The van der Waals surface area contributed by atoms with E-state index in [4.69, 9.17) is 11.6 Å². The Morgan fingerprint density at radius 3 is 2.60 bits per heavy atom. The summed E-state index contributed by atoms with van der Waals surface area (Å²) in [7, 11) is 0. The highest BCUT2D eigenvalue weighted by Crippen LogP contribution is 2.36. The highest BCUT2D eigenvalue weighted by Gasteiger charge is 2.33. The first-order chi connectivity index (χ1) is 14.3. The molecule has 166 valence electrons. The van der Waals surface area contributed by atoms with Crippen LogP contribution in [0.15, 0.2) is 29.8 Å². The van der Waals surface area contributed by atoms with Gasteiger partial charge in [-0.3, -0.25) is 4.90 Å². The van der Waals surface area contributed by atoms with Crippen LogP contribution in [0.1, 0.15) is 56.9 Å². The number of nitrogens with one attached hydrogen (secondary N) is 2. The van der Waals surface area contributed by atoms with Crippen molar-refractivity contribution in [2.45, 2.75) is 63.6 Å². The average Bonchev–Trinajstić information content (AvgIpc) is 2.66. The predicted molar refractivity (Wildman–Crippen MR) is 114 cm³/mol. The van der Waals surface area contributed by atoms with Crippen LogP contribution < -0.4 is 10.6 Å². The molecule has 1 aromatic rings. The van der Waals surface area contributed by atoms with E-state index in [1.54, 1.807) is 0 Å². The third-order valence-corrected chi connectivity index (χ3v) is 6.09. The number of amides is 2. The highest BCUT2D eigenvalue weighted by molar-refractivity contribution is 6.31. The van der Waals surface area contributed by atoms with Gasteiger partial charge in [-0.25, -0.2) is 4.79 Å². The summed E-state index contributed by atoms with van der Waals surface area (Å²) < 4.78 is 38.9. The molecule has 1 fully saturated rings. The van der Waals surface area contributed by atoms with Crippen LogP contribution in [-0.2, 0) is 6.18 Å². The summed E-state index contributed by atoms with van der Waals surface area (Å²) in [5.41, 5.74) is 0.638. The van der Waals surface area contributed by atoms with Crippen molar-refractivity contribution in [3.05, 3.63) is 40.4 Å². The molecule has 30 heavy (non-hydrogen) atoms. The quantitative estimate of drug-likeness (QED) is 0.542. The zero-order chi connectivity index (χ0) is 21.6. The Hall–Kier alpha value is -1.73. The monoisotopic (exact) mass is 443 g/mol. The van der Waals surface area contributed by atoms with E-state index in [0.29, 0.717) is 0 Å². The van der Waals surface area contributed by atoms with Crippen LogP contribution in [0.25, 0.3) is 0 Å². The van der Waals surface area contributed by atoms with Gasteiger partial charge in [0.1, 0.15) is 0 Å². The standard InChI is InChI=1S/C22H29ClF3N3O/c23-20-9-8-18(14-19(20)22(24,25)26)28-21(30)27-17-10-12-29(13-11-17)15-16-6-4-2-1-3-5-7-16/h6,8-9,14,17H,1-5,7,10-13,15H2,(H2,27,28,30)/b16-6-. The van der Waals surface area contributed by atoms with E-state index >= 15 is 0 Å². The summed E-state index contributed by atoms with van der Waals surface area (Å²) >= 11 is 5.62. The fourth-order valence-corrected chi connectivity index (χ4v) is 4.32. The Labute approximate surface area is 180 Å². The summed E-state index contributed by atoms with van der Waals surface area (Å²) in [5, 5.41) is 4.98. The van der Waals surface area contributed by atoms with Crippen LogP contribution in [0, 0.1) is 0 Å². The second-order valence-corrected chi connectivity index (χ2v) is 8.56. The van der Waals surface area contributed by atoms with Gasteiger partial charge in [-0.2, -0.15) is 13.2 Å². The maximum atomic E-state index is 13.0. The largest absolute Gasteiger partial charge is 0.417 e. The number of hydrogen-bond donors (Lipinski definition) is 2. The van der Waals surface area contributed by atoms with Crippen molar-refractivity contribution in [3.63, 3.8) is 0 Å². The van der Waals surface area contributed by atoms with Crippen LogP contribution in [0.5, 0.6) is 0 Å². The van der Waals surface area contributed by atoms with E-state index in [9.17, 15) is 18.0 Å². The van der Waals surface area contributed by atoms with Gasteiger partial charge in [0.25, 0.3) is 0 Å². The number of piperidine rings is 1. The molecule has 0 radical (unpaired) electrons. The minimum Gasteiger partial charge on any atom is -0.335 e. The zero-order valence-electron chi connectivity index (χ0n) is 17.0. The van der Waals surface area contributed by atoms with E-state index in [0.717, 1.165) is 44.6 Å².